The second-order valence-corrected chi connectivity index (χ2v) is 3.71. The SMILES string of the molecule is CNC1CCN(Cc2ccccn2)C1=O. The number of likely N-dealkylation sites (N-methyl/N-ethyl adjacent to an activating group) is 1. The van der Waals surface area contributed by atoms with E-state index in [0.717, 1.165) is 18.7 Å². The molecule has 0 bridgehead atoms. The fourth-order valence-corrected chi connectivity index (χ4v) is 1.85. The van der Waals surface area contributed by atoms with Crippen LogP contribution in [0.1, 0.15) is 12.1 Å². The van der Waals surface area contributed by atoms with Gasteiger partial charge in [-0.1, -0.05) is 6.07 Å². The molecule has 2 heterocycles. The molecular formula is C11H15N3O. The predicted octanol–water partition coefficient (Wildman–Crippen LogP) is 0.402. The van der Waals surface area contributed by atoms with Crippen LogP contribution in [0, 0.1) is 0 Å². The number of hydrogen-bond donors (Lipinski definition) is 1. The first-order valence-corrected chi connectivity index (χ1v) is 5.17. The van der Waals surface area contributed by atoms with Crippen molar-refractivity contribution in [1.29, 1.82) is 0 Å². The van der Waals surface area contributed by atoms with Crippen molar-refractivity contribution >= 4 is 5.91 Å². The molecule has 1 saturated heterocycles. The zero-order valence-corrected chi connectivity index (χ0v) is 8.81. The van der Waals surface area contributed by atoms with E-state index in [-0.39, 0.29) is 11.9 Å². The van der Waals surface area contributed by atoms with E-state index in [1.165, 1.54) is 0 Å². The molecular weight excluding hydrogens is 190 g/mol. The van der Waals surface area contributed by atoms with Crippen molar-refractivity contribution in [1.82, 2.24) is 15.2 Å². The summed E-state index contributed by atoms with van der Waals surface area (Å²) in [4.78, 5) is 17.8. The summed E-state index contributed by atoms with van der Waals surface area (Å²) in [6, 6.07) is 5.76. The third-order valence-corrected chi connectivity index (χ3v) is 2.72. The van der Waals surface area contributed by atoms with Crippen LogP contribution < -0.4 is 5.32 Å². The van der Waals surface area contributed by atoms with Crippen LogP contribution in [0.3, 0.4) is 0 Å². The van der Waals surface area contributed by atoms with Gasteiger partial charge in [-0.25, -0.2) is 0 Å². The van der Waals surface area contributed by atoms with Gasteiger partial charge in [0, 0.05) is 12.7 Å². The number of carbonyl (C=O) groups excluding carboxylic acids is 1. The Morgan fingerprint density at radius 3 is 3.07 bits per heavy atom. The maximum Gasteiger partial charge on any atom is 0.240 e. The Hall–Kier alpha value is -1.42. The third kappa shape index (κ3) is 2.15. The lowest BCUT2D eigenvalue weighted by molar-refractivity contribution is -0.129. The van der Waals surface area contributed by atoms with E-state index in [1.54, 1.807) is 6.20 Å². The number of nitrogens with one attached hydrogen (secondary N) is 1. The van der Waals surface area contributed by atoms with E-state index in [2.05, 4.69) is 10.3 Å². The van der Waals surface area contributed by atoms with Gasteiger partial charge in [0.2, 0.25) is 5.91 Å². The predicted molar refractivity (Wildman–Crippen MR) is 57.1 cm³/mol. The van der Waals surface area contributed by atoms with Gasteiger partial charge in [-0.15, -0.1) is 0 Å². The molecule has 1 N–H and O–H groups in total. The molecule has 0 saturated carbocycles. The van der Waals surface area contributed by atoms with Crippen LogP contribution in [0.2, 0.25) is 0 Å². The second-order valence-electron chi connectivity index (χ2n) is 3.71. The number of nitrogens with zero attached hydrogens (tertiary/aromatic N) is 2. The van der Waals surface area contributed by atoms with Gasteiger partial charge in [-0.05, 0) is 25.6 Å². The van der Waals surface area contributed by atoms with Crippen LogP contribution in [0.5, 0.6) is 0 Å². The highest BCUT2D eigenvalue weighted by Crippen LogP contribution is 2.13. The largest absolute Gasteiger partial charge is 0.335 e. The van der Waals surface area contributed by atoms with Gasteiger partial charge in [-0.3, -0.25) is 9.78 Å². The number of aromatic nitrogens is 1. The average Bonchev–Trinajstić information content (AvgIpc) is 2.62. The van der Waals surface area contributed by atoms with Gasteiger partial charge < -0.3 is 10.2 Å². The van der Waals surface area contributed by atoms with Crippen molar-refractivity contribution in [3.05, 3.63) is 30.1 Å². The van der Waals surface area contributed by atoms with Crippen molar-refractivity contribution in [2.45, 2.75) is 19.0 Å². The zero-order valence-electron chi connectivity index (χ0n) is 8.81. The first-order chi connectivity index (χ1) is 7.31. The molecule has 1 atom stereocenters. The highest BCUT2D eigenvalue weighted by molar-refractivity contribution is 5.83. The molecule has 80 valence electrons. The van der Waals surface area contributed by atoms with Crippen molar-refractivity contribution in [2.24, 2.45) is 0 Å². The van der Waals surface area contributed by atoms with Crippen LogP contribution in [0.25, 0.3) is 0 Å². The lowest BCUT2D eigenvalue weighted by Crippen LogP contribution is -2.36. The molecule has 15 heavy (non-hydrogen) atoms. The highest BCUT2D eigenvalue weighted by atomic mass is 16.2. The van der Waals surface area contributed by atoms with E-state index in [1.807, 2.05) is 30.1 Å². The molecule has 4 heteroatoms. The van der Waals surface area contributed by atoms with Crippen molar-refractivity contribution in [2.75, 3.05) is 13.6 Å². The monoisotopic (exact) mass is 205 g/mol. The van der Waals surface area contributed by atoms with Gasteiger partial charge in [-0.2, -0.15) is 0 Å². The zero-order chi connectivity index (χ0) is 10.7. The van der Waals surface area contributed by atoms with Gasteiger partial charge >= 0.3 is 0 Å². The Morgan fingerprint density at radius 2 is 2.47 bits per heavy atom. The molecule has 1 unspecified atom stereocenters. The molecule has 0 aliphatic carbocycles. The summed E-state index contributed by atoms with van der Waals surface area (Å²) >= 11 is 0. The lowest BCUT2D eigenvalue weighted by Gasteiger charge is -2.15. The molecule has 1 aromatic rings. The van der Waals surface area contributed by atoms with Crippen LogP contribution in [0.15, 0.2) is 24.4 Å². The minimum Gasteiger partial charge on any atom is -0.335 e. The Balaban J connectivity index is 2.00. The maximum atomic E-state index is 11.8. The molecule has 1 aliphatic heterocycles. The summed E-state index contributed by atoms with van der Waals surface area (Å²) in [5.41, 5.74) is 0.947. The minimum absolute atomic E-state index is 0.00582. The van der Waals surface area contributed by atoms with Crippen molar-refractivity contribution in [3.63, 3.8) is 0 Å². The maximum absolute atomic E-state index is 11.8. The van der Waals surface area contributed by atoms with Gasteiger partial charge in [0.15, 0.2) is 0 Å². The average molecular weight is 205 g/mol. The second kappa shape index (κ2) is 4.40. The summed E-state index contributed by atoms with van der Waals surface area (Å²) in [7, 11) is 1.83. The van der Waals surface area contributed by atoms with E-state index >= 15 is 0 Å². The molecule has 2 rings (SSSR count). The molecule has 1 fully saturated rings. The Kier molecular flexibility index (Phi) is 2.97. The van der Waals surface area contributed by atoms with Crippen molar-refractivity contribution < 1.29 is 4.79 Å². The number of hydrogen-bond acceptors (Lipinski definition) is 3. The summed E-state index contributed by atoms with van der Waals surface area (Å²) in [5.74, 6) is 0.183. The molecule has 1 aliphatic rings. The van der Waals surface area contributed by atoms with E-state index < -0.39 is 0 Å². The number of rotatable bonds is 3. The Bertz CT molecular complexity index is 339. The van der Waals surface area contributed by atoms with Gasteiger partial charge in [0.25, 0.3) is 0 Å². The first kappa shape index (κ1) is 10.1. The Morgan fingerprint density at radius 1 is 1.60 bits per heavy atom. The molecule has 4 nitrogen and oxygen atoms in total. The quantitative estimate of drug-likeness (QED) is 0.777. The topological polar surface area (TPSA) is 45.2 Å². The molecule has 1 amide bonds. The number of likely N-dealkylation sites (tertiary alicyclic amines) is 1. The summed E-state index contributed by atoms with van der Waals surface area (Å²) in [6.45, 7) is 1.44. The van der Waals surface area contributed by atoms with Gasteiger partial charge in [0.1, 0.15) is 0 Å². The molecule has 0 aromatic carbocycles. The van der Waals surface area contributed by atoms with Crippen molar-refractivity contribution in [3.8, 4) is 0 Å². The van der Waals surface area contributed by atoms with Crippen LogP contribution >= 0.6 is 0 Å². The lowest BCUT2D eigenvalue weighted by atomic mass is 10.2. The standard InChI is InChI=1S/C11H15N3O/c1-12-10-5-7-14(11(10)15)8-9-4-2-3-6-13-9/h2-4,6,10,12H,5,7-8H2,1H3. The molecule has 0 radical (unpaired) electrons. The normalized spacial score (nSPS) is 21.0. The fourth-order valence-electron chi connectivity index (χ4n) is 1.85. The summed E-state index contributed by atoms with van der Waals surface area (Å²) in [5, 5.41) is 3.02. The smallest absolute Gasteiger partial charge is 0.240 e. The van der Waals surface area contributed by atoms with E-state index in [0.29, 0.717) is 6.54 Å². The number of carbonyl (C=O) groups is 1. The Labute approximate surface area is 89.3 Å². The van der Waals surface area contributed by atoms with E-state index in [9.17, 15) is 4.79 Å². The van der Waals surface area contributed by atoms with Gasteiger partial charge in [0.05, 0.1) is 18.3 Å². The van der Waals surface area contributed by atoms with Crippen LogP contribution in [-0.4, -0.2) is 35.4 Å². The highest BCUT2D eigenvalue weighted by Gasteiger charge is 2.30. The first-order valence-electron chi connectivity index (χ1n) is 5.17. The summed E-state index contributed by atoms with van der Waals surface area (Å²) < 4.78 is 0. The van der Waals surface area contributed by atoms with E-state index in [4.69, 9.17) is 0 Å². The fraction of sp³-hybridized carbons (Fsp3) is 0.455. The number of pyridine rings is 1. The summed E-state index contributed by atoms with van der Waals surface area (Å²) in [6.07, 6.45) is 2.65. The minimum atomic E-state index is -0.00582. The third-order valence-electron chi connectivity index (χ3n) is 2.72. The van der Waals surface area contributed by atoms with Crippen LogP contribution in [-0.2, 0) is 11.3 Å². The molecule has 1 aromatic heterocycles. The molecule has 0 spiro atoms. The number of amides is 1. The van der Waals surface area contributed by atoms with Crippen LogP contribution in [0.4, 0.5) is 0 Å².